The van der Waals surface area contributed by atoms with Gasteiger partial charge in [-0.05, 0) is 35.4 Å². The number of hydrogen-bond acceptors (Lipinski definition) is 5. The van der Waals surface area contributed by atoms with Gasteiger partial charge in [-0.2, -0.15) is 0 Å². The molecule has 0 radical (unpaired) electrons. The molecule has 2 aromatic rings. The molecule has 0 aliphatic carbocycles. The van der Waals surface area contributed by atoms with E-state index < -0.39 is 6.10 Å². The van der Waals surface area contributed by atoms with E-state index in [0.29, 0.717) is 12.1 Å². The number of hydrogen-bond donors (Lipinski definition) is 5. The summed E-state index contributed by atoms with van der Waals surface area (Å²) in [6, 6.07) is 10.8. The normalized spacial score (nSPS) is 12.2. The Balaban J connectivity index is 1.88. The van der Waals surface area contributed by atoms with Gasteiger partial charge >= 0.3 is 0 Å². The van der Waals surface area contributed by atoms with Crippen LogP contribution in [0.25, 0.3) is 0 Å². The summed E-state index contributed by atoms with van der Waals surface area (Å²) in [5, 5.41) is 40.9. The Morgan fingerprint density at radius 3 is 2.05 bits per heavy atom. The highest BCUT2D eigenvalue weighted by molar-refractivity contribution is 5.37. The maximum absolute atomic E-state index is 9.97. The van der Waals surface area contributed by atoms with E-state index in [1.54, 1.807) is 24.3 Å². The van der Waals surface area contributed by atoms with Crippen molar-refractivity contribution in [2.75, 3.05) is 6.54 Å². The van der Waals surface area contributed by atoms with Crippen LogP contribution in [0.5, 0.6) is 17.2 Å². The molecular formula is C15H17NO4. The summed E-state index contributed by atoms with van der Waals surface area (Å²) in [6.45, 7) is 0.825. The largest absolute Gasteiger partial charge is 0.508 e. The Morgan fingerprint density at radius 1 is 0.850 bits per heavy atom. The molecule has 1 unspecified atom stereocenters. The van der Waals surface area contributed by atoms with E-state index >= 15 is 0 Å². The molecule has 0 bridgehead atoms. The Hall–Kier alpha value is -2.24. The highest BCUT2D eigenvalue weighted by atomic mass is 16.3. The standard InChI is InChI=1S/C15H17NO4/c17-12-3-1-10(2-4-12)8-16-9-15(20)11-5-13(18)7-14(19)6-11/h1-7,15-20H,8-9H2. The van der Waals surface area contributed by atoms with Gasteiger partial charge < -0.3 is 25.7 Å². The second-order valence-corrected chi connectivity index (χ2v) is 4.60. The van der Waals surface area contributed by atoms with E-state index in [2.05, 4.69) is 5.32 Å². The average molecular weight is 275 g/mol. The molecule has 0 spiro atoms. The fourth-order valence-corrected chi connectivity index (χ4v) is 1.90. The maximum atomic E-state index is 9.97. The molecule has 0 saturated carbocycles. The lowest BCUT2D eigenvalue weighted by molar-refractivity contribution is 0.173. The van der Waals surface area contributed by atoms with Crippen LogP contribution < -0.4 is 5.32 Å². The van der Waals surface area contributed by atoms with Crippen molar-refractivity contribution in [1.82, 2.24) is 5.32 Å². The van der Waals surface area contributed by atoms with E-state index in [0.717, 1.165) is 5.56 Å². The first-order chi connectivity index (χ1) is 9.54. The minimum Gasteiger partial charge on any atom is -0.508 e. The third-order valence-electron chi connectivity index (χ3n) is 2.91. The number of aliphatic hydroxyl groups excluding tert-OH is 1. The first kappa shape index (κ1) is 14.2. The molecule has 5 N–H and O–H groups in total. The molecule has 1 atom stereocenters. The van der Waals surface area contributed by atoms with Gasteiger partial charge in [0.05, 0.1) is 6.10 Å². The molecule has 106 valence electrons. The van der Waals surface area contributed by atoms with Crippen LogP contribution >= 0.6 is 0 Å². The molecule has 0 aliphatic rings. The third-order valence-corrected chi connectivity index (χ3v) is 2.91. The van der Waals surface area contributed by atoms with E-state index in [-0.39, 0.29) is 23.8 Å². The average Bonchev–Trinajstić information content (AvgIpc) is 2.40. The van der Waals surface area contributed by atoms with Crippen LogP contribution in [0.2, 0.25) is 0 Å². The van der Waals surface area contributed by atoms with E-state index in [1.165, 1.54) is 18.2 Å². The monoisotopic (exact) mass is 275 g/mol. The number of phenols is 3. The molecule has 0 fully saturated rings. The van der Waals surface area contributed by atoms with Crippen molar-refractivity contribution in [3.63, 3.8) is 0 Å². The zero-order chi connectivity index (χ0) is 14.5. The smallest absolute Gasteiger partial charge is 0.119 e. The van der Waals surface area contributed by atoms with Crippen LogP contribution in [0.3, 0.4) is 0 Å². The molecule has 0 heterocycles. The molecule has 0 aromatic heterocycles. The number of rotatable bonds is 5. The minimum absolute atomic E-state index is 0.0856. The topological polar surface area (TPSA) is 93.0 Å². The maximum Gasteiger partial charge on any atom is 0.119 e. The van der Waals surface area contributed by atoms with Gasteiger partial charge in [-0.25, -0.2) is 0 Å². The van der Waals surface area contributed by atoms with Gasteiger partial charge in [0.15, 0.2) is 0 Å². The SMILES string of the molecule is Oc1ccc(CNCC(O)c2cc(O)cc(O)c2)cc1. The summed E-state index contributed by atoms with van der Waals surface area (Å²) in [5.41, 5.74) is 1.43. The Bertz CT molecular complexity index is 548. The molecule has 2 aromatic carbocycles. The summed E-state index contributed by atoms with van der Waals surface area (Å²) < 4.78 is 0. The highest BCUT2D eigenvalue weighted by Crippen LogP contribution is 2.24. The second-order valence-electron chi connectivity index (χ2n) is 4.60. The van der Waals surface area contributed by atoms with Gasteiger partial charge in [-0.3, -0.25) is 0 Å². The summed E-state index contributed by atoms with van der Waals surface area (Å²) in [5.74, 6) is 0.0409. The predicted octanol–water partition coefficient (Wildman–Crippen LogP) is 1.63. The van der Waals surface area contributed by atoms with Crippen LogP contribution in [0, 0.1) is 0 Å². The number of aromatic hydroxyl groups is 3. The van der Waals surface area contributed by atoms with Gasteiger partial charge in [-0.1, -0.05) is 12.1 Å². The number of phenolic OH excluding ortho intramolecular Hbond substituents is 3. The van der Waals surface area contributed by atoms with E-state index in [4.69, 9.17) is 5.11 Å². The van der Waals surface area contributed by atoms with Crippen molar-refractivity contribution in [1.29, 1.82) is 0 Å². The van der Waals surface area contributed by atoms with Gasteiger partial charge in [0, 0.05) is 19.2 Å². The Labute approximate surface area is 116 Å². The van der Waals surface area contributed by atoms with E-state index in [1.807, 2.05) is 0 Å². The second kappa shape index (κ2) is 6.27. The molecule has 0 saturated heterocycles. The molecular weight excluding hydrogens is 258 g/mol. The third kappa shape index (κ3) is 3.88. The predicted molar refractivity (Wildman–Crippen MR) is 74.5 cm³/mol. The zero-order valence-corrected chi connectivity index (χ0v) is 10.8. The van der Waals surface area contributed by atoms with Crippen LogP contribution in [0.1, 0.15) is 17.2 Å². The van der Waals surface area contributed by atoms with Gasteiger partial charge in [0.2, 0.25) is 0 Å². The van der Waals surface area contributed by atoms with Crippen LogP contribution in [0.4, 0.5) is 0 Å². The van der Waals surface area contributed by atoms with Gasteiger partial charge in [0.25, 0.3) is 0 Å². The summed E-state index contributed by atoms with van der Waals surface area (Å²) in [6.07, 6.45) is -0.829. The first-order valence-electron chi connectivity index (χ1n) is 6.24. The van der Waals surface area contributed by atoms with Crippen LogP contribution in [-0.4, -0.2) is 27.0 Å². The van der Waals surface area contributed by atoms with Crippen molar-refractivity contribution >= 4 is 0 Å². The van der Waals surface area contributed by atoms with Crippen LogP contribution in [0.15, 0.2) is 42.5 Å². The number of aliphatic hydroxyl groups is 1. The summed E-state index contributed by atoms with van der Waals surface area (Å²) in [7, 11) is 0. The molecule has 0 aliphatic heterocycles. The summed E-state index contributed by atoms with van der Waals surface area (Å²) >= 11 is 0. The Morgan fingerprint density at radius 2 is 1.45 bits per heavy atom. The highest BCUT2D eigenvalue weighted by Gasteiger charge is 2.09. The first-order valence-corrected chi connectivity index (χ1v) is 6.24. The quantitative estimate of drug-likeness (QED) is 0.572. The lowest BCUT2D eigenvalue weighted by Gasteiger charge is -2.13. The lowest BCUT2D eigenvalue weighted by atomic mass is 10.1. The summed E-state index contributed by atoms with van der Waals surface area (Å²) in [4.78, 5) is 0. The van der Waals surface area contributed by atoms with Gasteiger partial charge in [-0.15, -0.1) is 0 Å². The fraction of sp³-hybridized carbons (Fsp3) is 0.200. The van der Waals surface area contributed by atoms with Crippen molar-refractivity contribution in [3.8, 4) is 17.2 Å². The Kier molecular flexibility index (Phi) is 4.45. The van der Waals surface area contributed by atoms with Gasteiger partial charge in [0.1, 0.15) is 17.2 Å². The molecule has 5 heteroatoms. The molecule has 0 amide bonds. The zero-order valence-electron chi connectivity index (χ0n) is 10.8. The minimum atomic E-state index is -0.829. The van der Waals surface area contributed by atoms with E-state index in [9.17, 15) is 15.3 Å². The van der Waals surface area contributed by atoms with Crippen molar-refractivity contribution < 1.29 is 20.4 Å². The van der Waals surface area contributed by atoms with Crippen molar-refractivity contribution in [3.05, 3.63) is 53.6 Å². The molecule has 2 rings (SSSR count). The number of benzene rings is 2. The lowest BCUT2D eigenvalue weighted by Crippen LogP contribution is -2.21. The van der Waals surface area contributed by atoms with Crippen LogP contribution in [-0.2, 0) is 6.54 Å². The fourth-order valence-electron chi connectivity index (χ4n) is 1.90. The van der Waals surface area contributed by atoms with Crippen molar-refractivity contribution in [2.45, 2.75) is 12.6 Å². The molecule has 20 heavy (non-hydrogen) atoms. The number of nitrogens with one attached hydrogen (secondary N) is 1. The van der Waals surface area contributed by atoms with Crippen molar-refractivity contribution in [2.24, 2.45) is 0 Å². The molecule has 5 nitrogen and oxygen atoms in total.